The molecule has 0 amide bonds. The van der Waals surface area contributed by atoms with Gasteiger partial charge in [-0.3, -0.25) is 0 Å². The van der Waals surface area contributed by atoms with Crippen molar-refractivity contribution in [3.63, 3.8) is 0 Å². The molecule has 3 nitrogen and oxygen atoms in total. The average molecular weight is 502 g/mol. The molecular weight excluding hydrogens is 471 g/mol. The first-order valence-corrected chi connectivity index (χ1v) is 14.3. The summed E-state index contributed by atoms with van der Waals surface area (Å²) in [5, 5.41) is 0. The molecule has 0 saturated carbocycles. The zero-order valence-corrected chi connectivity index (χ0v) is 19.6. The summed E-state index contributed by atoms with van der Waals surface area (Å²) in [6.07, 6.45) is 6.33. The molecule has 0 unspecified atom stereocenters. The summed E-state index contributed by atoms with van der Waals surface area (Å²) in [6, 6.07) is 16.2. The Morgan fingerprint density at radius 3 is 1.67 bits per heavy atom. The average Bonchev–Trinajstić information content (AvgIpc) is 2.64. The molecule has 0 N–H and O–H groups in total. The number of hydrogen-bond donors (Lipinski definition) is 0. The second-order valence-corrected chi connectivity index (χ2v) is 13.6. The maximum absolute atomic E-state index is 12.6. The molecule has 0 bridgehead atoms. The Morgan fingerprint density at radius 1 is 0.741 bits per heavy atom. The molecule has 150 valence electrons. The molecule has 0 aromatic heterocycles. The van der Waals surface area contributed by atoms with Gasteiger partial charge in [-0.2, -0.15) is 0 Å². The number of rotatable bonds is 11. The van der Waals surface area contributed by atoms with Crippen LogP contribution in [0.2, 0.25) is 0 Å². The van der Waals surface area contributed by atoms with E-state index < -0.39 is 30.4 Å². The molecule has 0 spiro atoms. The van der Waals surface area contributed by atoms with Crippen LogP contribution in [-0.4, -0.2) is 14.2 Å². The van der Waals surface area contributed by atoms with Gasteiger partial charge in [0.2, 0.25) is 0 Å². The normalized spacial score (nSPS) is 12.2. The Bertz CT molecular complexity index is 738. The number of halogens is 1. The summed E-state index contributed by atoms with van der Waals surface area (Å²) in [4.78, 5) is 0. The van der Waals surface area contributed by atoms with Gasteiger partial charge in [0.05, 0.1) is 0 Å². The van der Waals surface area contributed by atoms with Gasteiger partial charge in [0, 0.05) is 0 Å². The third-order valence-electron chi connectivity index (χ3n) is 4.33. The molecule has 27 heavy (non-hydrogen) atoms. The van der Waals surface area contributed by atoms with Crippen molar-refractivity contribution in [2.45, 2.75) is 59.3 Å². The third-order valence-corrected chi connectivity index (χ3v) is 11.9. The maximum atomic E-state index is 12.6. The minimum atomic E-state index is -3.52. The van der Waals surface area contributed by atoms with E-state index in [1.165, 1.54) is 19.3 Å². The topological polar surface area (TPSA) is 43.4 Å². The number of unbranched alkanes of at least 4 members (excludes halogenated alkanes) is 5. The fourth-order valence-electron chi connectivity index (χ4n) is 2.68. The first kappa shape index (κ1) is 22.4. The van der Waals surface area contributed by atoms with E-state index in [1.54, 1.807) is 0 Å². The van der Waals surface area contributed by atoms with Crippen LogP contribution in [-0.2, 0) is 12.6 Å². The van der Waals surface area contributed by atoms with Crippen LogP contribution in [0.4, 0.5) is 0 Å². The zero-order chi connectivity index (χ0) is 19.7. The third kappa shape index (κ3) is 7.92. The molecule has 0 aliphatic rings. The predicted octanol–water partition coefficient (Wildman–Crippen LogP) is 6.47. The van der Waals surface area contributed by atoms with Crippen LogP contribution in [0.25, 0.3) is 0 Å². The zero-order valence-electron chi connectivity index (χ0n) is 16.6. The molecule has 0 fully saturated rings. The van der Waals surface area contributed by atoms with Crippen LogP contribution in [0.5, 0.6) is 0 Å². The molecule has 2 aromatic carbocycles. The Balaban J connectivity index is 2.09. The van der Waals surface area contributed by atoms with Gasteiger partial charge in [-0.05, 0) is 0 Å². The van der Waals surface area contributed by atoms with Crippen molar-refractivity contribution in [1.82, 2.24) is 0 Å². The molecule has 2 aromatic rings. The van der Waals surface area contributed by atoms with Crippen LogP contribution in [0.3, 0.4) is 0 Å². The van der Waals surface area contributed by atoms with E-state index in [9.17, 15) is 8.42 Å². The molecule has 0 aliphatic carbocycles. The Labute approximate surface area is 172 Å². The van der Waals surface area contributed by atoms with Crippen molar-refractivity contribution in [3.8, 4) is 0 Å². The van der Waals surface area contributed by atoms with Crippen molar-refractivity contribution >= 4 is 30.4 Å². The molecule has 0 radical (unpaired) electrons. The van der Waals surface area contributed by atoms with E-state index >= 15 is 0 Å². The molecular formula is C22H31IO3S. The van der Waals surface area contributed by atoms with E-state index in [-0.39, 0.29) is 5.75 Å². The van der Waals surface area contributed by atoms with Crippen molar-refractivity contribution in [1.29, 1.82) is 0 Å². The van der Waals surface area contributed by atoms with Gasteiger partial charge in [-0.1, -0.05) is 0 Å². The Morgan fingerprint density at radius 2 is 1.19 bits per heavy atom. The summed E-state index contributed by atoms with van der Waals surface area (Å²) in [6.45, 7) is 6.24. The van der Waals surface area contributed by atoms with Crippen LogP contribution >= 0.6 is 20.2 Å². The van der Waals surface area contributed by atoms with Crippen LogP contribution in [0, 0.1) is 21.0 Å². The number of benzene rings is 2. The van der Waals surface area contributed by atoms with Crippen molar-refractivity contribution in [2.24, 2.45) is 0 Å². The van der Waals surface area contributed by atoms with Gasteiger partial charge in [-0.25, -0.2) is 0 Å². The predicted molar refractivity (Wildman–Crippen MR) is 122 cm³/mol. The summed E-state index contributed by atoms with van der Waals surface area (Å²) in [5.74, 6) is 0.116. The van der Waals surface area contributed by atoms with Crippen molar-refractivity contribution in [3.05, 3.63) is 66.8 Å². The second-order valence-electron chi connectivity index (χ2n) is 6.93. The van der Waals surface area contributed by atoms with E-state index in [0.29, 0.717) is 6.42 Å². The fourth-order valence-corrected chi connectivity index (χ4v) is 9.81. The summed E-state index contributed by atoms with van der Waals surface area (Å²) < 4.78 is 33.1. The van der Waals surface area contributed by atoms with E-state index in [0.717, 1.165) is 31.1 Å². The molecule has 0 atom stereocenters. The Kier molecular flexibility index (Phi) is 9.26. The summed E-state index contributed by atoms with van der Waals surface area (Å²) in [5.41, 5.74) is 2.32. The Hall–Kier alpha value is -0.920. The van der Waals surface area contributed by atoms with Crippen LogP contribution in [0.1, 0.15) is 56.6 Å². The minimum absolute atomic E-state index is 0.116. The number of hydrogen-bond acceptors (Lipinski definition) is 3. The molecule has 0 heterocycles. The molecule has 0 aliphatic heterocycles. The van der Waals surface area contributed by atoms with Gasteiger partial charge in [0.15, 0.2) is 0 Å². The van der Waals surface area contributed by atoms with Gasteiger partial charge >= 0.3 is 173 Å². The quantitative estimate of drug-likeness (QED) is 0.261. The van der Waals surface area contributed by atoms with Gasteiger partial charge < -0.3 is 0 Å². The van der Waals surface area contributed by atoms with Gasteiger partial charge in [0.1, 0.15) is 0 Å². The van der Waals surface area contributed by atoms with E-state index in [2.05, 4.69) is 6.92 Å². The van der Waals surface area contributed by atoms with Crippen LogP contribution in [0.15, 0.2) is 48.5 Å². The summed E-state index contributed by atoms with van der Waals surface area (Å²) >= 11 is -2.49. The van der Waals surface area contributed by atoms with Crippen molar-refractivity contribution < 1.29 is 10.9 Å². The number of aryl methyl sites for hydroxylation is 2. The SMILES string of the molecule is CCCCCCCCS(=O)(=O)OI(c1ccc(C)cc1)c1ccc(C)cc1. The first-order chi connectivity index (χ1) is 12.9. The monoisotopic (exact) mass is 502 g/mol. The fraction of sp³-hybridized carbons (Fsp3) is 0.455. The standard InChI is InChI=1S/C22H31IO3S/c1-4-5-6-7-8-9-18-27(24,25)26-23(21-14-10-19(2)11-15-21)22-16-12-20(3)13-17-22/h10-17H,4-9,18H2,1-3H3. The second kappa shape index (κ2) is 11.2. The van der Waals surface area contributed by atoms with Gasteiger partial charge in [0.25, 0.3) is 0 Å². The molecule has 2 rings (SSSR count). The summed E-state index contributed by atoms with van der Waals surface area (Å²) in [7, 11) is -3.52. The van der Waals surface area contributed by atoms with E-state index in [1.807, 2.05) is 62.4 Å². The molecule has 5 heteroatoms. The molecule has 0 saturated heterocycles. The van der Waals surface area contributed by atoms with Crippen LogP contribution < -0.4 is 0 Å². The van der Waals surface area contributed by atoms with Crippen molar-refractivity contribution in [2.75, 3.05) is 5.75 Å². The van der Waals surface area contributed by atoms with E-state index in [4.69, 9.17) is 2.51 Å². The first-order valence-electron chi connectivity index (χ1n) is 9.67. The van der Waals surface area contributed by atoms with Gasteiger partial charge in [-0.15, -0.1) is 0 Å².